The molecule has 2 aromatic rings. The predicted octanol–water partition coefficient (Wildman–Crippen LogP) is 2.42. The van der Waals surface area contributed by atoms with Gasteiger partial charge in [-0.1, -0.05) is 19.3 Å². The van der Waals surface area contributed by atoms with Crippen LogP contribution in [0.2, 0.25) is 0 Å². The van der Waals surface area contributed by atoms with Crippen LogP contribution >= 0.6 is 0 Å². The van der Waals surface area contributed by atoms with Gasteiger partial charge in [0.2, 0.25) is 5.91 Å². The third kappa shape index (κ3) is 3.34. The molecule has 3 heterocycles. The van der Waals surface area contributed by atoms with Crippen molar-refractivity contribution in [1.29, 1.82) is 0 Å². The molecule has 2 fully saturated rings. The van der Waals surface area contributed by atoms with Crippen molar-refractivity contribution in [2.45, 2.75) is 51.5 Å². The van der Waals surface area contributed by atoms with E-state index in [-0.39, 0.29) is 12.5 Å². The Bertz CT molecular complexity index is 991. The first-order valence-electron chi connectivity index (χ1n) is 10.2. The van der Waals surface area contributed by atoms with Crippen molar-refractivity contribution in [1.82, 2.24) is 24.6 Å². The number of rotatable bonds is 4. The molecule has 9 heteroatoms. The molecule has 30 heavy (non-hydrogen) atoms. The summed E-state index contributed by atoms with van der Waals surface area (Å²) in [5.41, 5.74) is 1.57. The standard InChI is InChI=1S/C21H26N6O3/c1-14-11-15(2)27(24-14)17-8-7-16(12-22-17)23-18(28)13-26-19(29)21(25(3)20(26)30)9-5-4-6-10-21/h7-8,11-12H,4-6,9-10,13H2,1-3H3,(H,23,28). The molecule has 4 rings (SSSR count). The Morgan fingerprint density at radius 1 is 1.17 bits per heavy atom. The molecule has 1 N–H and O–H groups in total. The Labute approximate surface area is 175 Å². The van der Waals surface area contributed by atoms with Crippen LogP contribution in [0.5, 0.6) is 0 Å². The smallest absolute Gasteiger partial charge is 0.323 e. The zero-order valence-electron chi connectivity index (χ0n) is 17.5. The fraction of sp³-hybridized carbons (Fsp3) is 0.476. The first kappa shape index (κ1) is 20.1. The lowest BCUT2D eigenvalue weighted by molar-refractivity contribution is -0.136. The maximum atomic E-state index is 13.0. The molecule has 1 saturated carbocycles. The van der Waals surface area contributed by atoms with Gasteiger partial charge in [0.15, 0.2) is 5.82 Å². The van der Waals surface area contributed by atoms with E-state index in [0.717, 1.165) is 35.6 Å². The maximum Gasteiger partial charge on any atom is 0.327 e. The number of urea groups is 1. The topological polar surface area (TPSA) is 100 Å². The highest BCUT2D eigenvalue weighted by atomic mass is 16.2. The highest BCUT2D eigenvalue weighted by Gasteiger charge is 2.55. The van der Waals surface area contributed by atoms with Gasteiger partial charge in [0, 0.05) is 12.7 Å². The van der Waals surface area contributed by atoms with E-state index in [1.807, 2.05) is 19.9 Å². The summed E-state index contributed by atoms with van der Waals surface area (Å²) in [5.74, 6) is -0.0502. The second kappa shape index (κ2) is 7.55. The minimum Gasteiger partial charge on any atom is -0.323 e. The first-order chi connectivity index (χ1) is 14.3. The third-order valence-electron chi connectivity index (χ3n) is 6.04. The Kier molecular flexibility index (Phi) is 5.05. The van der Waals surface area contributed by atoms with Crippen molar-refractivity contribution in [2.75, 3.05) is 18.9 Å². The molecule has 158 valence electrons. The molecule has 0 atom stereocenters. The molecule has 1 saturated heterocycles. The number of hydrogen-bond donors (Lipinski definition) is 1. The van der Waals surface area contributed by atoms with Gasteiger partial charge in [0.25, 0.3) is 5.91 Å². The van der Waals surface area contributed by atoms with E-state index in [9.17, 15) is 14.4 Å². The quantitative estimate of drug-likeness (QED) is 0.780. The largest absolute Gasteiger partial charge is 0.327 e. The number of nitrogens with one attached hydrogen (secondary N) is 1. The number of carbonyl (C=O) groups excluding carboxylic acids is 3. The van der Waals surface area contributed by atoms with Crippen LogP contribution in [0.25, 0.3) is 5.82 Å². The second-order valence-electron chi connectivity index (χ2n) is 8.12. The fourth-order valence-corrected chi connectivity index (χ4v) is 4.46. The Balaban J connectivity index is 1.43. The van der Waals surface area contributed by atoms with Gasteiger partial charge in [0.1, 0.15) is 12.1 Å². The van der Waals surface area contributed by atoms with E-state index >= 15 is 0 Å². The van der Waals surface area contributed by atoms with E-state index in [2.05, 4.69) is 15.4 Å². The van der Waals surface area contributed by atoms with Crippen LogP contribution in [0.4, 0.5) is 10.5 Å². The number of nitrogens with zero attached hydrogens (tertiary/aromatic N) is 5. The number of carbonyl (C=O) groups is 3. The monoisotopic (exact) mass is 410 g/mol. The van der Waals surface area contributed by atoms with Gasteiger partial charge >= 0.3 is 6.03 Å². The second-order valence-corrected chi connectivity index (χ2v) is 8.12. The van der Waals surface area contributed by atoms with Crippen LogP contribution in [-0.2, 0) is 9.59 Å². The van der Waals surface area contributed by atoms with Crippen molar-refractivity contribution in [2.24, 2.45) is 0 Å². The summed E-state index contributed by atoms with van der Waals surface area (Å²) in [7, 11) is 1.66. The van der Waals surface area contributed by atoms with Crippen LogP contribution in [0.15, 0.2) is 24.4 Å². The molecule has 1 spiro atoms. The molecular formula is C21H26N6O3. The SMILES string of the molecule is Cc1cc(C)n(-c2ccc(NC(=O)CN3C(=O)N(C)C4(CCCCC4)C3=O)cn2)n1. The van der Waals surface area contributed by atoms with Gasteiger partial charge in [-0.05, 0) is 44.9 Å². The molecule has 0 aromatic carbocycles. The number of hydrogen-bond acceptors (Lipinski definition) is 5. The Hall–Kier alpha value is -3.23. The van der Waals surface area contributed by atoms with E-state index < -0.39 is 17.5 Å². The van der Waals surface area contributed by atoms with Gasteiger partial charge in [-0.2, -0.15) is 5.10 Å². The van der Waals surface area contributed by atoms with Crippen LogP contribution in [0.1, 0.15) is 43.5 Å². The van der Waals surface area contributed by atoms with Crippen molar-refractivity contribution in [3.8, 4) is 5.82 Å². The van der Waals surface area contributed by atoms with Crippen molar-refractivity contribution in [3.05, 3.63) is 35.8 Å². The predicted molar refractivity (Wildman–Crippen MR) is 110 cm³/mol. The summed E-state index contributed by atoms with van der Waals surface area (Å²) in [5, 5.41) is 7.10. The summed E-state index contributed by atoms with van der Waals surface area (Å²) >= 11 is 0. The third-order valence-corrected chi connectivity index (χ3v) is 6.04. The van der Waals surface area contributed by atoms with Crippen LogP contribution in [0, 0.1) is 13.8 Å². The van der Waals surface area contributed by atoms with E-state index in [1.54, 1.807) is 23.9 Å². The average Bonchev–Trinajstić information content (AvgIpc) is 3.15. The minimum absolute atomic E-state index is 0.261. The first-order valence-corrected chi connectivity index (χ1v) is 10.2. The van der Waals surface area contributed by atoms with Crippen LogP contribution in [0.3, 0.4) is 0 Å². The molecule has 1 aliphatic carbocycles. The zero-order valence-corrected chi connectivity index (χ0v) is 17.5. The molecule has 0 unspecified atom stereocenters. The molecule has 2 aliphatic rings. The van der Waals surface area contributed by atoms with Gasteiger partial charge < -0.3 is 10.2 Å². The highest BCUT2D eigenvalue weighted by Crippen LogP contribution is 2.39. The normalized spacial score (nSPS) is 18.4. The summed E-state index contributed by atoms with van der Waals surface area (Å²) < 4.78 is 1.72. The summed E-state index contributed by atoms with van der Waals surface area (Å²) in [6, 6.07) is 5.03. The highest BCUT2D eigenvalue weighted by molar-refractivity contribution is 6.10. The van der Waals surface area contributed by atoms with Crippen molar-refractivity contribution >= 4 is 23.5 Å². The summed E-state index contributed by atoms with van der Waals surface area (Å²) in [6.45, 7) is 3.55. The number of anilines is 1. The zero-order chi connectivity index (χ0) is 21.5. The summed E-state index contributed by atoms with van der Waals surface area (Å²) in [4.78, 5) is 45.1. The van der Waals surface area contributed by atoms with Gasteiger partial charge in [0.05, 0.1) is 17.6 Å². The molecule has 2 aromatic heterocycles. The molecule has 0 bridgehead atoms. The number of pyridine rings is 1. The van der Waals surface area contributed by atoms with Crippen LogP contribution in [-0.4, -0.2) is 61.5 Å². The molecule has 4 amide bonds. The lowest BCUT2D eigenvalue weighted by atomic mass is 9.81. The fourth-order valence-electron chi connectivity index (χ4n) is 4.46. The molecule has 0 radical (unpaired) electrons. The van der Waals surface area contributed by atoms with Gasteiger partial charge in [-0.25, -0.2) is 14.5 Å². The summed E-state index contributed by atoms with van der Waals surface area (Å²) in [6.07, 6.45) is 5.74. The Morgan fingerprint density at radius 3 is 2.50 bits per heavy atom. The van der Waals surface area contributed by atoms with E-state index in [0.29, 0.717) is 24.3 Å². The van der Waals surface area contributed by atoms with E-state index in [4.69, 9.17) is 0 Å². The lowest BCUT2D eigenvalue weighted by Gasteiger charge is -2.35. The van der Waals surface area contributed by atoms with Gasteiger partial charge in [-0.15, -0.1) is 0 Å². The molecular weight excluding hydrogens is 384 g/mol. The number of amides is 4. The number of imide groups is 1. The molecule has 1 aliphatic heterocycles. The Morgan fingerprint density at radius 2 is 1.90 bits per heavy atom. The lowest BCUT2D eigenvalue weighted by Crippen LogP contribution is -2.49. The number of likely N-dealkylation sites (N-methyl/N-ethyl adjacent to an activating group) is 1. The average molecular weight is 410 g/mol. The van der Waals surface area contributed by atoms with Crippen molar-refractivity contribution < 1.29 is 14.4 Å². The van der Waals surface area contributed by atoms with Crippen molar-refractivity contribution in [3.63, 3.8) is 0 Å². The van der Waals surface area contributed by atoms with Crippen LogP contribution < -0.4 is 5.32 Å². The molecule has 9 nitrogen and oxygen atoms in total. The number of aryl methyl sites for hydroxylation is 2. The number of aromatic nitrogens is 3. The minimum atomic E-state index is -0.779. The van der Waals surface area contributed by atoms with Gasteiger partial charge in [-0.3, -0.25) is 14.5 Å². The van der Waals surface area contributed by atoms with E-state index in [1.165, 1.54) is 11.1 Å². The maximum absolute atomic E-state index is 13.0.